The summed E-state index contributed by atoms with van der Waals surface area (Å²) >= 11 is 0. The largest absolute Gasteiger partial charge is 0.416 e. The highest BCUT2D eigenvalue weighted by Gasteiger charge is 2.43. The van der Waals surface area contributed by atoms with Crippen LogP contribution >= 0.6 is 0 Å². The normalized spacial score (nSPS) is 23.3. The number of amides is 2. The van der Waals surface area contributed by atoms with Crippen LogP contribution in [-0.2, 0) is 15.8 Å². The summed E-state index contributed by atoms with van der Waals surface area (Å²) < 4.78 is 39.9. The van der Waals surface area contributed by atoms with Crippen molar-refractivity contribution in [3.8, 4) is 0 Å². The quantitative estimate of drug-likeness (QED) is 0.725. The van der Waals surface area contributed by atoms with Gasteiger partial charge in [-0.3, -0.25) is 9.59 Å². The monoisotopic (exact) mass is 439 g/mol. The van der Waals surface area contributed by atoms with E-state index < -0.39 is 23.6 Å². The molecule has 2 atom stereocenters. The maximum atomic E-state index is 13.4. The fourth-order valence-electron chi connectivity index (χ4n) is 4.37. The number of alkyl halides is 3. The number of rotatable bonds is 3. The van der Waals surface area contributed by atoms with Gasteiger partial charge in [-0.05, 0) is 24.1 Å². The van der Waals surface area contributed by atoms with Gasteiger partial charge in [0, 0.05) is 51.6 Å². The third-order valence-electron chi connectivity index (χ3n) is 6.13. The maximum Gasteiger partial charge on any atom is 0.416 e. The summed E-state index contributed by atoms with van der Waals surface area (Å²) in [6.45, 7) is 9.14. The number of likely N-dealkylation sites (tertiary alicyclic amines) is 1. The summed E-state index contributed by atoms with van der Waals surface area (Å²) in [5, 5.41) is 0. The van der Waals surface area contributed by atoms with Gasteiger partial charge >= 0.3 is 6.18 Å². The van der Waals surface area contributed by atoms with E-state index in [0.29, 0.717) is 25.1 Å². The standard InChI is InChI=1S/C23H32F3N3O2/c1-22(2,3)13-20(30)29-14-18(16-6-5-7-17(12-16)23(24,25)26)19(15-29)21(31)28-10-8-27(4)9-11-28/h5-7,12,18-19H,8-11,13-15H2,1-4H3/t18-,19+/m0/s1. The average Bonchev–Trinajstić information content (AvgIpc) is 3.12. The first kappa shape index (κ1) is 23.6. The lowest BCUT2D eigenvalue weighted by Crippen LogP contribution is -2.50. The lowest BCUT2D eigenvalue weighted by atomic mass is 9.87. The summed E-state index contributed by atoms with van der Waals surface area (Å²) in [7, 11) is 2.00. The molecule has 2 aliphatic heterocycles. The fraction of sp³-hybridized carbons (Fsp3) is 0.652. The number of hydrogen-bond acceptors (Lipinski definition) is 3. The zero-order chi connectivity index (χ0) is 23.0. The van der Waals surface area contributed by atoms with E-state index in [1.807, 2.05) is 27.8 Å². The maximum absolute atomic E-state index is 13.4. The van der Waals surface area contributed by atoms with Gasteiger partial charge in [0.05, 0.1) is 11.5 Å². The van der Waals surface area contributed by atoms with Crippen LogP contribution in [0.15, 0.2) is 24.3 Å². The summed E-state index contributed by atoms with van der Waals surface area (Å²) in [6, 6.07) is 5.20. The summed E-state index contributed by atoms with van der Waals surface area (Å²) in [6.07, 6.45) is -4.12. The van der Waals surface area contributed by atoms with Crippen LogP contribution in [0.25, 0.3) is 0 Å². The first-order valence-corrected chi connectivity index (χ1v) is 10.8. The van der Waals surface area contributed by atoms with E-state index in [4.69, 9.17) is 0 Å². The summed E-state index contributed by atoms with van der Waals surface area (Å²) in [5.41, 5.74) is -0.467. The number of hydrogen-bond donors (Lipinski definition) is 0. The van der Waals surface area contributed by atoms with Crippen molar-refractivity contribution >= 4 is 11.8 Å². The Bertz CT molecular complexity index is 811. The molecule has 0 unspecified atom stereocenters. The first-order valence-electron chi connectivity index (χ1n) is 10.8. The molecule has 0 N–H and O–H groups in total. The molecule has 0 spiro atoms. The smallest absolute Gasteiger partial charge is 0.341 e. The van der Waals surface area contributed by atoms with Crippen molar-refractivity contribution in [1.29, 1.82) is 0 Å². The average molecular weight is 440 g/mol. The van der Waals surface area contributed by atoms with Crippen LogP contribution in [-0.4, -0.2) is 72.8 Å². The molecule has 0 radical (unpaired) electrons. The Hall–Kier alpha value is -2.09. The highest BCUT2D eigenvalue weighted by molar-refractivity contribution is 5.83. The van der Waals surface area contributed by atoms with Gasteiger partial charge in [0.25, 0.3) is 0 Å². The first-order chi connectivity index (χ1) is 14.3. The van der Waals surface area contributed by atoms with Crippen LogP contribution < -0.4 is 0 Å². The molecule has 1 aromatic carbocycles. The molecule has 2 fully saturated rings. The van der Waals surface area contributed by atoms with Crippen LogP contribution in [0.4, 0.5) is 13.2 Å². The van der Waals surface area contributed by atoms with Gasteiger partial charge in [0.1, 0.15) is 0 Å². The van der Waals surface area contributed by atoms with Crippen LogP contribution in [0.2, 0.25) is 0 Å². The zero-order valence-electron chi connectivity index (χ0n) is 18.7. The minimum Gasteiger partial charge on any atom is -0.341 e. The van der Waals surface area contributed by atoms with Crippen LogP contribution in [0, 0.1) is 11.3 Å². The predicted octanol–water partition coefficient (Wildman–Crippen LogP) is 3.46. The Balaban J connectivity index is 1.88. The Labute approximate surface area is 182 Å². The lowest BCUT2D eigenvalue weighted by molar-refractivity contribution is -0.138. The molecule has 2 aliphatic rings. The van der Waals surface area contributed by atoms with Crippen molar-refractivity contribution in [1.82, 2.24) is 14.7 Å². The minimum atomic E-state index is -4.45. The molecular formula is C23H32F3N3O2. The SMILES string of the molecule is CN1CCN(C(=O)[C@@H]2CN(C(=O)CC(C)(C)C)C[C@H]2c2cccc(C(F)(F)F)c2)CC1. The van der Waals surface area contributed by atoms with Gasteiger partial charge in [0.2, 0.25) is 11.8 Å². The van der Waals surface area contributed by atoms with E-state index in [2.05, 4.69) is 4.90 Å². The minimum absolute atomic E-state index is 0.0573. The molecule has 0 saturated carbocycles. The summed E-state index contributed by atoms with van der Waals surface area (Å²) in [5.74, 6) is -1.10. The molecule has 2 heterocycles. The van der Waals surface area contributed by atoms with Gasteiger partial charge in [-0.1, -0.05) is 39.0 Å². The van der Waals surface area contributed by atoms with Crippen molar-refractivity contribution in [2.45, 2.75) is 39.3 Å². The van der Waals surface area contributed by atoms with Crippen LogP contribution in [0.1, 0.15) is 44.2 Å². The number of nitrogens with zero attached hydrogens (tertiary/aromatic N) is 3. The Morgan fingerprint density at radius 2 is 1.65 bits per heavy atom. The third-order valence-corrected chi connectivity index (χ3v) is 6.13. The van der Waals surface area contributed by atoms with E-state index >= 15 is 0 Å². The lowest BCUT2D eigenvalue weighted by Gasteiger charge is -2.35. The molecule has 172 valence electrons. The van der Waals surface area contributed by atoms with E-state index in [9.17, 15) is 22.8 Å². The number of piperazine rings is 1. The Morgan fingerprint density at radius 1 is 1.00 bits per heavy atom. The Kier molecular flexibility index (Phi) is 6.69. The molecule has 0 aliphatic carbocycles. The topological polar surface area (TPSA) is 43.9 Å². The molecule has 5 nitrogen and oxygen atoms in total. The van der Waals surface area contributed by atoms with Crippen molar-refractivity contribution in [3.05, 3.63) is 35.4 Å². The molecule has 0 aromatic heterocycles. The van der Waals surface area contributed by atoms with Crippen molar-refractivity contribution < 1.29 is 22.8 Å². The number of likely N-dealkylation sites (N-methyl/N-ethyl adjacent to an activating group) is 1. The third kappa shape index (κ3) is 5.79. The molecule has 2 saturated heterocycles. The molecule has 1 aromatic rings. The van der Waals surface area contributed by atoms with Gasteiger partial charge < -0.3 is 14.7 Å². The second-order valence-electron chi connectivity index (χ2n) is 10.0. The van der Waals surface area contributed by atoms with Gasteiger partial charge in [-0.2, -0.15) is 13.2 Å². The van der Waals surface area contributed by atoms with E-state index in [0.717, 1.165) is 25.2 Å². The molecule has 2 amide bonds. The van der Waals surface area contributed by atoms with Gasteiger partial charge in [-0.15, -0.1) is 0 Å². The fourth-order valence-corrected chi connectivity index (χ4v) is 4.37. The molecule has 0 bridgehead atoms. The van der Waals surface area contributed by atoms with Crippen LogP contribution in [0.5, 0.6) is 0 Å². The van der Waals surface area contributed by atoms with E-state index in [1.165, 1.54) is 6.07 Å². The number of carbonyl (C=O) groups is 2. The Morgan fingerprint density at radius 3 is 2.23 bits per heavy atom. The van der Waals surface area contributed by atoms with Gasteiger partial charge in [0.15, 0.2) is 0 Å². The van der Waals surface area contributed by atoms with Gasteiger partial charge in [-0.25, -0.2) is 0 Å². The second kappa shape index (κ2) is 8.81. The summed E-state index contributed by atoms with van der Waals surface area (Å²) in [4.78, 5) is 31.8. The predicted molar refractivity (Wildman–Crippen MR) is 112 cm³/mol. The molecule has 3 rings (SSSR count). The highest BCUT2D eigenvalue weighted by Crippen LogP contribution is 2.38. The van der Waals surface area contributed by atoms with E-state index in [-0.39, 0.29) is 30.3 Å². The number of halogens is 3. The van der Waals surface area contributed by atoms with Crippen molar-refractivity contribution in [2.24, 2.45) is 11.3 Å². The van der Waals surface area contributed by atoms with Crippen molar-refractivity contribution in [2.75, 3.05) is 46.3 Å². The van der Waals surface area contributed by atoms with Crippen LogP contribution in [0.3, 0.4) is 0 Å². The van der Waals surface area contributed by atoms with E-state index in [1.54, 1.807) is 15.9 Å². The molecule has 31 heavy (non-hydrogen) atoms. The number of benzene rings is 1. The van der Waals surface area contributed by atoms with Crippen molar-refractivity contribution in [3.63, 3.8) is 0 Å². The highest BCUT2D eigenvalue weighted by atomic mass is 19.4. The molecule has 8 heteroatoms. The second-order valence-corrected chi connectivity index (χ2v) is 10.0. The zero-order valence-corrected chi connectivity index (χ0v) is 18.7. The number of carbonyl (C=O) groups excluding carboxylic acids is 2. The molecular weight excluding hydrogens is 407 g/mol.